The molecule has 1 aromatic carbocycles. The van der Waals surface area contributed by atoms with Gasteiger partial charge in [-0.15, -0.1) is 4.28 Å². The highest BCUT2D eigenvalue weighted by Crippen LogP contribution is 2.21. The van der Waals surface area contributed by atoms with Crippen LogP contribution < -0.4 is 16.1 Å². The summed E-state index contributed by atoms with van der Waals surface area (Å²) in [6.07, 6.45) is 3.65. The minimum absolute atomic E-state index is 0.0676. The van der Waals surface area contributed by atoms with Crippen molar-refractivity contribution in [3.8, 4) is 0 Å². The number of hydrogen-bond donors (Lipinski definition) is 5. The van der Waals surface area contributed by atoms with Crippen molar-refractivity contribution in [1.29, 1.82) is 0 Å². The number of amides is 7. The van der Waals surface area contributed by atoms with E-state index in [1.807, 2.05) is 0 Å². The lowest BCUT2D eigenvalue weighted by atomic mass is 9.95. The van der Waals surface area contributed by atoms with Crippen LogP contribution in [0.1, 0.15) is 24.4 Å². The first kappa shape index (κ1) is 43.4. The third kappa shape index (κ3) is 10.9. The number of hydrazine groups is 1. The zero-order chi connectivity index (χ0) is 41.7. The lowest BCUT2D eigenvalue weighted by Gasteiger charge is -2.30. The molecule has 306 valence electrons. The number of carboxylic acids is 1. The van der Waals surface area contributed by atoms with E-state index < -0.39 is 96.7 Å². The molecular weight excluding hydrogens is 813 g/mol. The molecule has 3 saturated heterocycles. The highest BCUT2D eigenvalue weighted by atomic mass is 32.3. The second-order valence-corrected chi connectivity index (χ2v) is 17.1. The van der Waals surface area contributed by atoms with Crippen molar-refractivity contribution >= 4 is 72.0 Å². The molecule has 1 aliphatic carbocycles. The zero-order valence-electron chi connectivity index (χ0n) is 29.4. The maximum atomic E-state index is 13.5. The number of carbonyl (C=O) groups is 7. The number of allylic oxidation sites excluding steroid dienone is 2. The minimum atomic E-state index is -4.51. The van der Waals surface area contributed by atoms with Gasteiger partial charge in [-0.05, 0) is 5.56 Å². The molecule has 27 heteroatoms. The fourth-order valence-electron chi connectivity index (χ4n) is 5.48. The van der Waals surface area contributed by atoms with Crippen LogP contribution in [0.2, 0.25) is 0 Å². The Kier molecular flexibility index (Phi) is 13.3. The Balaban J connectivity index is 0.000000604. The maximum Gasteiger partial charge on any atom is 0.418 e. The van der Waals surface area contributed by atoms with E-state index in [0.29, 0.717) is 19.8 Å². The van der Waals surface area contributed by atoms with Crippen LogP contribution in [0.15, 0.2) is 54.1 Å². The third-order valence-electron chi connectivity index (χ3n) is 8.17. The molecule has 0 radical (unpaired) electrons. The molecular formula is C29H36N8O16S3. The molecule has 3 heterocycles. The average Bonchev–Trinajstić information content (AvgIpc) is 3.71. The summed E-state index contributed by atoms with van der Waals surface area (Å²) in [5.41, 5.74) is 2.52. The van der Waals surface area contributed by atoms with Crippen LogP contribution in [0.25, 0.3) is 0 Å². The Labute approximate surface area is 319 Å². The number of β-lactam (4-membered cyclic amide) rings is 1. The molecule has 1 unspecified atom stereocenters. The van der Waals surface area contributed by atoms with Crippen LogP contribution in [0.3, 0.4) is 0 Å². The Morgan fingerprint density at radius 3 is 2.07 bits per heavy atom. The van der Waals surface area contributed by atoms with Gasteiger partial charge in [0.1, 0.15) is 6.04 Å². The second-order valence-electron chi connectivity index (χ2n) is 12.2. The van der Waals surface area contributed by atoms with E-state index in [2.05, 4.69) is 20.3 Å². The van der Waals surface area contributed by atoms with Crippen molar-refractivity contribution in [3.05, 3.63) is 59.7 Å². The fraction of sp³-hybridized carbons (Fsp3) is 0.414. The van der Waals surface area contributed by atoms with Gasteiger partial charge in [-0.2, -0.15) is 17.7 Å². The molecule has 3 fully saturated rings. The number of hydrogen-bond acceptors (Lipinski definition) is 15. The van der Waals surface area contributed by atoms with Gasteiger partial charge in [0, 0.05) is 25.1 Å². The number of benzene rings is 1. The van der Waals surface area contributed by atoms with Gasteiger partial charge in [-0.3, -0.25) is 29.2 Å². The molecule has 4 aliphatic rings. The predicted octanol–water partition coefficient (Wildman–Crippen LogP) is -2.95. The summed E-state index contributed by atoms with van der Waals surface area (Å²) in [7, 11) is -12.5. The van der Waals surface area contributed by atoms with Crippen molar-refractivity contribution in [2.75, 3.05) is 45.2 Å². The van der Waals surface area contributed by atoms with E-state index in [1.54, 1.807) is 18.2 Å². The number of carbonyl (C=O) groups excluding carboxylic acids is 6. The van der Waals surface area contributed by atoms with Gasteiger partial charge in [0.15, 0.2) is 18.0 Å². The average molecular weight is 849 g/mol. The topological polar surface area (TPSA) is 324 Å². The summed E-state index contributed by atoms with van der Waals surface area (Å²) < 4.78 is 81.5. The lowest BCUT2D eigenvalue weighted by Crippen LogP contribution is -2.60. The van der Waals surface area contributed by atoms with Crippen LogP contribution in [-0.2, 0) is 58.7 Å². The minimum Gasteiger partial charge on any atom is -0.479 e. The molecule has 56 heavy (non-hydrogen) atoms. The monoisotopic (exact) mass is 848 g/mol. The van der Waals surface area contributed by atoms with Gasteiger partial charge in [-0.1, -0.05) is 48.6 Å². The maximum absolute atomic E-state index is 13.5. The van der Waals surface area contributed by atoms with Gasteiger partial charge in [-0.25, -0.2) is 45.5 Å². The number of carboxylic acid groups (broad SMARTS) is 1. The molecule has 7 amide bonds. The van der Waals surface area contributed by atoms with Gasteiger partial charge in [0.05, 0.1) is 38.6 Å². The molecule has 5 rings (SSSR count). The summed E-state index contributed by atoms with van der Waals surface area (Å²) in [6.45, 7) is -0.843. The molecule has 3 aliphatic heterocycles. The number of sulfonamides is 2. The first-order valence-corrected chi connectivity index (χ1v) is 21.1. The van der Waals surface area contributed by atoms with Crippen molar-refractivity contribution in [2.24, 2.45) is 0 Å². The summed E-state index contributed by atoms with van der Waals surface area (Å²) in [6, 6.07) is 2.94. The zero-order valence-corrected chi connectivity index (χ0v) is 31.8. The van der Waals surface area contributed by atoms with Crippen LogP contribution in [-0.4, -0.2) is 157 Å². The summed E-state index contributed by atoms with van der Waals surface area (Å²) in [5.74, 6) is -4.30. The highest BCUT2D eigenvalue weighted by molar-refractivity contribution is 7.89. The SMILES string of the molecule is CS(=O)(=O)N1CCN(C(=O)NN2CCN(S(C)(=O)=O)[C@@H]2C(=O)N[C@H]2C=CC=C(CC(=O)NC(C(=O)O)c3ccccc3)C2=O)C1=O.O=C1CCN1OS(=O)(=O)O. The van der Waals surface area contributed by atoms with Crippen LogP contribution in [0.5, 0.6) is 0 Å². The Hall–Kier alpha value is -5.32. The standard InChI is InChI=1S/C26H31N7O11S2.C3H5NO5S/c1-45(41,42)32-14-12-31(29-25(39)30-11-13-33(26(30)40)46(2,43)44)23(32)22(36)27-18-10-6-9-17(21(18)35)15-19(34)28-20(24(37)38)16-7-4-3-5-8-16;5-3-1-2-4(3)9-10(6,7)8/h3-10,18,20,23H,11-15H2,1-2H3,(H,27,36)(H,28,34)(H,29,39)(H,37,38);1-2H2,(H,6,7,8)/t18-,20?,23+;/m0./s1. The Morgan fingerprint density at radius 1 is 0.911 bits per heavy atom. The smallest absolute Gasteiger partial charge is 0.418 e. The van der Waals surface area contributed by atoms with E-state index in [-0.39, 0.29) is 44.7 Å². The molecule has 5 N–H and O–H groups in total. The second kappa shape index (κ2) is 17.2. The molecule has 24 nitrogen and oxygen atoms in total. The number of imide groups is 1. The van der Waals surface area contributed by atoms with Crippen molar-refractivity contribution in [1.82, 2.24) is 39.6 Å². The summed E-state index contributed by atoms with van der Waals surface area (Å²) in [4.78, 5) is 87.4. The van der Waals surface area contributed by atoms with E-state index in [9.17, 15) is 63.9 Å². The predicted molar refractivity (Wildman–Crippen MR) is 187 cm³/mol. The lowest BCUT2D eigenvalue weighted by molar-refractivity contribution is -0.175. The van der Waals surface area contributed by atoms with E-state index in [4.69, 9.17) is 4.55 Å². The summed E-state index contributed by atoms with van der Waals surface area (Å²) in [5, 5.41) is 15.8. The third-order valence-corrected chi connectivity index (χ3v) is 10.9. The summed E-state index contributed by atoms with van der Waals surface area (Å²) >= 11 is 0. The normalized spacial score (nSPS) is 21.1. The fourth-order valence-corrected chi connectivity index (χ4v) is 7.65. The van der Waals surface area contributed by atoms with Crippen LogP contribution >= 0.6 is 0 Å². The number of urea groups is 2. The van der Waals surface area contributed by atoms with Crippen LogP contribution in [0.4, 0.5) is 9.59 Å². The first-order chi connectivity index (χ1) is 26.0. The molecule has 3 atom stereocenters. The number of hydroxylamine groups is 2. The van der Waals surface area contributed by atoms with Gasteiger partial charge < -0.3 is 15.7 Å². The number of ketones is 1. The van der Waals surface area contributed by atoms with Gasteiger partial charge in [0.2, 0.25) is 31.9 Å². The van der Waals surface area contributed by atoms with E-state index >= 15 is 0 Å². The number of rotatable bonds is 12. The van der Waals surface area contributed by atoms with Crippen LogP contribution in [0, 0.1) is 0 Å². The van der Waals surface area contributed by atoms with Gasteiger partial charge in [0.25, 0.3) is 5.91 Å². The van der Waals surface area contributed by atoms with E-state index in [0.717, 1.165) is 21.8 Å². The van der Waals surface area contributed by atoms with Crippen molar-refractivity contribution < 1.29 is 72.8 Å². The van der Waals surface area contributed by atoms with Crippen molar-refractivity contribution in [2.45, 2.75) is 31.1 Å². The molecule has 0 bridgehead atoms. The Morgan fingerprint density at radius 2 is 1.57 bits per heavy atom. The highest BCUT2D eigenvalue weighted by Gasteiger charge is 2.46. The van der Waals surface area contributed by atoms with Gasteiger partial charge >= 0.3 is 28.4 Å². The largest absolute Gasteiger partial charge is 0.479 e. The first-order valence-electron chi connectivity index (χ1n) is 16.1. The number of aliphatic carboxylic acids is 1. The number of Topliss-reactive ketones (excluding diaryl/α,β-unsaturated/α-hetero) is 1. The molecule has 1 aromatic rings. The Bertz CT molecular complexity index is 2180. The molecule has 0 saturated carbocycles. The number of nitrogens with zero attached hydrogens (tertiary/aromatic N) is 5. The molecule has 0 aromatic heterocycles. The van der Waals surface area contributed by atoms with Crippen molar-refractivity contribution in [3.63, 3.8) is 0 Å². The quantitative estimate of drug-likeness (QED) is 0.104. The van der Waals surface area contributed by atoms with E-state index in [1.165, 1.54) is 30.4 Å². The molecule has 0 spiro atoms. The number of nitrogens with one attached hydrogen (secondary N) is 3.